The number of amides is 2. The van der Waals surface area contributed by atoms with E-state index in [2.05, 4.69) is 16.7 Å². The van der Waals surface area contributed by atoms with Crippen LogP contribution in [0.25, 0.3) is 0 Å². The fourth-order valence-electron chi connectivity index (χ4n) is 2.42. The number of hydrogen-bond acceptors (Lipinski definition) is 3. The molecule has 3 N–H and O–H groups in total. The summed E-state index contributed by atoms with van der Waals surface area (Å²) in [6.07, 6.45) is -0.761. The number of rotatable bonds is 6. The van der Waals surface area contributed by atoms with Crippen molar-refractivity contribution in [2.75, 3.05) is 13.7 Å². The second-order valence-electron chi connectivity index (χ2n) is 5.78. The van der Waals surface area contributed by atoms with Gasteiger partial charge >= 0.3 is 6.03 Å². The van der Waals surface area contributed by atoms with Gasteiger partial charge in [-0.05, 0) is 42.7 Å². The van der Waals surface area contributed by atoms with Gasteiger partial charge in [0.1, 0.15) is 5.75 Å². The lowest BCUT2D eigenvalue weighted by molar-refractivity contribution is 0.173. The molecule has 2 aromatic rings. The van der Waals surface area contributed by atoms with E-state index in [0.717, 1.165) is 22.4 Å². The molecule has 0 radical (unpaired) electrons. The van der Waals surface area contributed by atoms with Crippen LogP contribution in [0.4, 0.5) is 4.79 Å². The first-order valence-electron chi connectivity index (χ1n) is 7.89. The van der Waals surface area contributed by atoms with E-state index in [-0.39, 0.29) is 12.6 Å². The van der Waals surface area contributed by atoms with Crippen molar-refractivity contribution in [1.29, 1.82) is 0 Å². The number of ether oxygens (including phenoxy) is 1. The monoisotopic (exact) mass is 328 g/mol. The molecule has 0 aromatic heterocycles. The molecule has 0 saturated carbocycles. The van der Waals surface area contributed by atoms with Crippen molar-refractivity contribution in [1.82, 2.24) is 10.6 Å². The largest absolute Gasteiger partial charge is 0.497 e. The summed E-state index contributed by atoms with van der Waals surface area (Å²) in [5, 5.41) is 15.6. The zero-order valence-corrected chi connectivity index (χ0v) is 14.3. The molecule has 24 heavy (non-hydrogen) atoms. The zero-order valence-electron chi connectivity index (χ0n) is 14.3. The van der Waals surface area contributed by atoms with E-state index in [1.54, 1.807) is 31.4 Å². The van der Waals surface area contributed by atoms with Gasteiger partial charge in [0.25, 0.3) is 0 Å². The molecule has 0 spiro atoms. The van der Waals surface area contributed by atoms with Crippen molar-refractivity contribution in [2.24, 2.45) is 0 Å². The predicted octanol–water partition coefficient (Wildman–Crippen LogP) is 2.84. The Morgan fingerprint density at radius 2 is 1.83 bits per heavy atom. The lowest BCUT2D eigenvalue weighted by atomic mass is 10.1. The van der Waals surface area contributed by atoms with E-state index in [1.807, 2.05) is 26.0 Å². The normalized spacial score (nSPS) is 11.7. The molecular weight excluding hydrogens is 304 g/mol. The fraction of sp³-hybridized carbons (Fsp3) is 0.316. The maximum absolute atomic E-state index is 11.9. The molecule has 0 aliphatic carbocycles. The molecule has 128 valence electrons. The quantitative estimate of drug-likeness (QED) is 0.763. The molecule has 2 amide bonds. The Labute approximate surface area is 142 Å². The molecule has 5 nitrogen and oxygen atoms in total. The lowest BCUT2D eigenvalue weighted by Crippen LogP contribution is -2.37. The minimum Gasteiger partial charge on any atom is -0.497 e. The highest BCUT2D eigenvalue weighted by Gasteiger charge is 2.10. The van der Waals surface area contributed by atoms with Crippen LogP contribution in [0.1, 0.15) is 28.4 Å². The molecule has 0 saturated heterocycles. The maximum atomic E-state index is 11.9. The predicted molar refractivity (Wildman–Crippen MR) is 94.1 cm³/mol. The number of benzene rings is 2. The molecule has 1 atom stereocenters. The molecule has 0 bridgehead atoms. The molecule has 0 fully saturated rings. The molecule has 0 heterocycles. The average molecular weight is 328 g/mol. The van der Waals surface area contributed by atoms with Gasteiger partial charge in [0, 0.05) is 13.1 Å². The van der Waals surface area contributed by atoms with Gasteiger partial charge < -0.3 is 20.5 Å². The van der Waals surface area contributed by atoms with E-state index >= 15 is 0 Å². The van der Waals surface area contributed by atoms with Crippen LogP contribution in [-0.4, -0.2) is 24.8 Å². The van der Waals surface area contributed by atoms with Crippen molar-refractivity contribution >= 4 is 6.03 Å². The van der Waals surface area contributed by atoms with Gasteiger partial charge in [-0.15, -0.1) is 0 Å². The van der Waals surface area contributed by atoms with Gasteiger partial charge in [-0.25, -0.2) is 4.79 Å². The standard InChI is InChI=1S/C19H24N2O3/c1-13-4-5-16(14(2)10-13)11-20-19(23)21-12-18(22)15-6-8-17(24-3)9-7-15/h4-10,18,22H,11-12H2,1-3H3,(H2,20,21,23). The fourth-order valence-corrected chi connectivity index (χ4v) is 2.42. The van der Waals surface area contributed by atoms with Gasteiger partial charge in [0.05, 0.1) is 13.2 Å². The third-order valence-electron chi connectivity index (χ3n) is 3.89. The summed E-state index contributed by atoms with van der Waals surface area (Å²) in [5.74, 6) is 0.727. The molecular formula is C19H24N2O3. The van der Waals surface area contributed by atoms with Crippen molar-refractivity contribution in [2.45, 2.75) is 26.5 Å². The summed E-state index contributed by atoms with van der Waals surface area (Å²) < 4.78 is 5.08. The van der Waals surface area contributed by atoms with Crippen LogP contribution in [-0.2, 0) is 6.54 Å². The van der Waals surface area contributed by atoms with Crippen LogP contribution in [0, 0.1) is 13.8 Å². The maximum Gasteiger partial charge on any atom is 0.315 e. The van der Waals surface area contributed by atoms with E-state index in [1.165, 1.54) is 5.56 Å². The minimum absolute atomic E-state index is 0.144. The summed E-state index contributed by atoms with van der Waals surface area (Å²) in [7, 11) is 1.59. The molecule has 5 heteroatoms. The van der Waals surface area contributed by atoms with Crippen LogP contribution in [0.3, 0.4) is 0 Å². The molecule has 2 rings (SSSR count). The van der Waals surface area contributed by atoms with E-state index in [9.17, 15) is 9.90 Å². The highest BCUT2D eigenvalue weighted by atomic mass is 16.5. The second-order valence-corrected chi connectivity index (χ2v) is 5.78. The van der Waals surface area contributed by atoms with Gasteiger partial charge in [-0.3, -0.25) is 0 Å². The molecule has 2 aromatic carbocycles. The van der Waals surface area contributed by atoms with E-state index in [0.29, 0.717) is 6.54 Å². The first kappa shape index (κ1) is 17.8. The number of carbonyl (C=O) groups excluding carboxylic acids is 1. The topological polar surface area (TPSA) is 70.6 Å². The Balaban J connectivity index is 1.79. The third-order valence-corrected chi connectivity index (χ3v) is 3.89. The Hall–Kier alpha value is -2.53. The van der Waals surface area contributed by atoms with E-state index < -0.39 is 6.10 Å². The number of carbonyl (C=O) groups is 1. The first-order valence-corrected chi connectivity index (χ1v) is 7.89. The highest BCUT2D eigenvalue weighted by molar-refractivity contribution is 5.73. The zero-order chi connectivity index (χ0) is 17.5. The second kappa shape index (κ2) is 8.36. The Morgan fingerprint density at radius 3 is 2.46 bits per heavy atom. The summed E-state index contributed by atoms with van der Waals surface area (Å²) in [4.78, 5) is 11.9. The smallest absolute Gasteiger partial charge is 0.315 e. The van der Waals surface area contributed by atoms with Crippen molar-refractivity contribution < 1.29 is 14.6 Å². The number of aliphatic hydroxyl groups excluding tert-OH is 1. The Kier molecular flexibility index (Phi) is 6.21. The first-order chi connectivity index (χ1) is 11.5. The SMILES string of the molecule is COc1ccc(C(O)CNC(=O)NCc2ccc(C)cc2C)cc1. The number of nitrogens with one attached hydrogen (secondary N) is 2. The molecule has 0 aliphatic rings. The Morgan fingerprint density at radius 1 is 1.12 bits per heavy atom. The van der Waals surface area contributed by atoms with Gasteiger partial charge in [-0.1, -0.05) is 35.9 Å². The summed E-state index contributed by atoms with van der Waals surface area (Å²) >= 11 is 0. The van der Waals surface area contributed by atoms with Gasteiger partial charge in [0.15, 0.2) is 0 Å². The summed E-state index contributed by atoms with van der Waals surface area (Å²) in [6.45, 7) is 4.66. The Bertz CT molecular complexity index is 684. The van der Waals surface area contributed by atoms with Crippen LogP contribution in [0.2, 0.25) is 0 Å². The van der Waals surface area contributed by atoms with Crippen LogP contribution < -0.4 is 15.4 Å². The highest BCUT2D eigenvalue weighted by Crippen LogP contribution is 2.17. The van der Waals surface area contributed by atoms with Crippen LogP contribution in [0.5, 0.6) is 5.75 Å². The number of aryl methyl sites for hydroxylation is 2. The van der Waals surface area contributed by atoms with Gasteiger partial charge in [0.2, 0.25) is 0 Å². The van der Waals surface area contributed by atoms with Crippen molar-refractivity contribution in [3.8, 4) is 5.75 Å². The summed E-state index contributed by atoms with van der Waals surface area (Å²) in [6, 6.07) is 12.9. The van der Waals surface area contributed by atoms with Crippen molar-refractivity contribution in [3.63, 3.8) is 0 Å². The van der Waals surface area contributed by atoms with E-state index in [4.69, 9.17) is 4.74 Å². The third kappa shape index (κ3) is 4.99. The minimum atomic E-state index is -0.761. The average Bonchev–Trinajstić information content (AvgIpc) is 2.59. The number of urea groups is 1. The lowest BCUT2D eigenvalue weighted by Gasteiger charge is -2.14. The van der Waals surface area contributed by atoms with Crippen LogP contribution >= 0.6 is 0 Å². The number of hydrogen-bond donors (Lipinski definition) is 3. The number of methoxy groups -OCH3 is 1. The van der Waals surface area contributed by atoms with Crippen LogP contribution in [0.15, 0.2) is 42.5 Å². The number of aliphatic hydroxyl groups is 1. The molecule has 1 unspecified atom stereocenters. The summed E-state index contributed by atoms with van der Waals surface area (Å²) in [5.41, 5.74) is 4.15. The van der Waals surface area contributed by atoms with Crippen molar-refractivity contribution in [3.05, 3.63) is 64.7 Å². The van der Waals surface area contributed by atoms with Gasteiger partial charge in [-0.2, -0.15) is 0 Å². The molecule has 0 aliphatic heterocycles.